The van der Waals surface area contributed by atoms with Gasteiger partial charge < -0.3 is 15.0 Å². The molecular formula is C25H21BrCl2N4O3. The number of carbonyl (C=O) groups excluding carboxylic acids is 2. The van der Waals surface area contributed by atoms with E-state index in [1.807, 2.05) is 35.7 Å². The smallest absolute Gasteiger partial charge is 0.251 e. The Balaban J connectivity index is 1.49. The van der Waals surface area contributed by atoms with Gasteiger partial charge in [-0.05, 0) is 59.3 Å². The third kappa shape index (κ3) is 5.29. The summed E-state index contributed by atoms with van der Waals surface area (Å²) in [5, 5.41) is 3.32. The van der Waals surface area contributed by atoms with Crippen LogP contribution in [-0.2, 0) is 11.4 Å². The SMILES string of the molecule is Cc1nc2c(OCc3c(Cl)ccc(N(C)C(=O)CNC(=O)c4ccccc4)c3Cl)cccn2c1Br. The monoisotopic (exact) mass is 574 g/mol. The second-order valence-corrected chi connectivity index (χ2v) is 9.24. The molecule has 10 heteroatoms. The number of ether oxygens (including phenoxy) is 1. The van der Waals surface area contributed by atoms with Gasteiger partial charge in [0.2, 0.25) is 5.91 Å². The molecular weight excluding hydrogens is 555 g/mol. The van der Waals surface area contributed by atoms with Crippen molar-refractivity contribution < 1.29 is 14.3 Å². The third-order valence-corrected chi connectivity index (χ3v) is 7.16. The number of fused-ring (bicyclic) bond motifs is 1. The summed E-state index contributed by atoms with van der Waals surface area (Å²) in [4.78, 5) is 30.9. The second kappa shape index (κ2) is 10.7. The third-order valence-electron chi connectivity index (χ3n) is 5.42. The minimum absolute atomic E-state index is 0.0709. The lowest BCUT2D eigenvalue weighted by Gasteiger charge is -2.21. The van der Waals surface area contributed by atoms with Crippen molar-refractivity contribution in [3.8, 4) is 5.75 Å². The number of amides is 2. The summed E-state index contributed by atoms with van der Waals surface area (Å²) in [7, 11) is 1.59. The molecule has 2 heterocycles. The number of carbonyl (C=O) groups is 2. The minimum atomic E-state index is -0.340. The molecule has 180 valence electrons. The molecule has 0 aliphatic carbocycles. The number of nitrogens with zero attached hydrogens (tertiary/aromatic N) is 3. The summed E-state index contributed by atoms with van der Waals surface area (Å²) in [6.07, 6.45) is 1.88. The first kappa shape index (κ1) is 25.0. The van der Waals surface area contributed by atoms with E-state index in [2.05, 4.69) is 26.2 Å². The number of anilines is 1. The zero-order valence-corrected chi connectivity index (χ0v) is 22.0. The summed E-state index contributed by atoms with van der Waals surface area (Å²) >= 11 is 16.6. The number of nitrogens with one attached hydrogen (secondary N) is 1. The molecule has 0 fully saturated rings. The quantitative estimate of drug-likeness (QED) is 0.307. The van der Waals surface area contributed by atoms with E-state index >= 15 is 0 Å². The number of pyridine rings is 1. The molecule has 4 rings (SSSR count). The van der Waals surface area contributed by atoms with Crippen molar-refractivity contribution >= 4 is 62.3 Å². The number of aromatic nitrogens is 2. The predicted molar refractivity (Wildman–Crippen MR) is 141 cm³/mol. The van der Waals surface area contributed by atoms with Crippen molar-refractivity contribution in [1.82, 2.24) is 14.7 Å². The molecule has 0 radical (unpaired) electrons. The van der Waals surface area contributed by atoms with Gasteiger partial charge in [-0.15, -0.1) is 0 Å². The molecule has 2 aromatic carbocycles. The number of likely N-dealkylation sites (N-methyl/N-ethyl adjacent to an activating group) is 1. The average Bonchev–Trinajstić information content (AvgIpc) is 3.16. The van der Waals surface area contributed by atoms with Gasteiger partial charge in [-0.3, -0.25) is 14.0 Å². The maximum absolute atomic E-state index is 12.8. The van der Waals surface area contributed by atoms with Crippen LogP contribution >= 0.6 is 39.1 Å². The van der Waals surface area contributed by atoms with Gasteiger partial charge in [0, 0.05) is 29.4 Å². The number of aryl methyl sites for hydroxylation is 1. The van der Waals surface area contributed by atoms with Crippen LogP contribution < -0.4 is 15.0 Å². The molecule has 0 saturated carbocycles. The molecule has 7 nitrogen and oxygen atoms in total. The normalized spacial score (nSPS) is 10.9. The lowest BCUT2D eigenvalue weighted by atomic mass is 10.2. The predicted octanol–water partition coefficient (Wildman–Crippen LogP) is 5.68. The Morgan fingerprint density at radius 3 is 2.60 bits per heavy atom. The van der Waals surface area contributed by atoms with Crippen LogP contribution in [0.5, 0.6) is 5.75 Å². The van der Waals surface area contributed by atoms with Crippen LogP contribution in [0.1, 0.15) is 21.6 Å². The zero-order chi connectivity index (χ0) is 25.1. The summed E-state index contributed by atoms with van der Waals surface area (Å²) in [6, 6.07) is 15.7. The molecule has 2 amide bonds. The molecule has 0 unspecified atom stereocenters. The van der Waals surface area contributed by atoms with Crippen LogP contribution in [0.25, 0.3) is 5.65 Å². The van der Waals surface area contributed by atoms with Gasteiger partial charge in [0.15, 0.2) is 11.4 Å². The van der Waals surface area contributed by atoms with Crippen LogP contribution in [-0.4, -0.2) is 34.8 Å². The fourth-order valence-electron chi connectivity index (χ4n) is 3.47. The summed E-state index contributed by atoms with van der Waals surface area (Å²) in [6.45, 7) is 1.78. The number of hydrogen-bond acceptors (Lipinski definition) is 4. The van der Waals surface area contributed by atoms with Crippen molar-refractivity contribution in [3.05, 3.63) is 92.3 Å². The standard InChI is InChI=1S/C25H21BrCl2N4O3/c1-15-23(26)32-12-6-9-20(24(32)30-15)35-14-17-18(27)10-11-19(22(17)28)31(2)21(33)13-29-25(34)16-7-4-3-5-8-16/h3-12H,13-14H2,1-2H3,(H,29,34). The van der Waals surface area contributed by atoms with E-state index in [4.69, 9.17) is 27.9 Å². The van der Waals surface area contributed by atoms with Gasteiger partial charge >= 0.3 is 0 Å². The van der Waals surface area contributed by atoms with Crippen LogP contribution in [0.15, 0.2) is 65.4 Å². The van der Waals surface area contributed by atoms with E-state index in [0.29, 0.717) is 33.2 Å². The van der Waals surface area contributed by atoms with Crippen molar-refractivity contribution in [2.24, 2.45) is 0 Å². The largest absolute Gasteiger partial charge is 0.485 e. The lowest BCUT2D eigenvalue weighted by Crippen LogP contribution is -2.38. The molecule has 0 bridgehead atoms. The number of hydrogen-bond donors (Lipinski definition) is 1. The Morgan fingerprint density at radius 2 is 1.86 bits per heavy atom. The molecule has 0 aliphatic rings. The highest BCUT2D eigenvalue weighted by atomic mass is 79.9. The van der Waals surface area contributed by atoms with E-state index in [0.717, 1.165) is 10.3 Å². The number of halogens is 3. The maximum atomic E-state index is 12.8. The Hall–Kier alpha value is -3.07. The first-order chi connectivity index (χ1) is 16.8. The van der Waals surface area contributed by atoms with E-state index in [-0.39, 0.29) is 30.0 Å². The first-order valence-corrected chi connectivity index (χ1v) is 12.2. The lowest BCUT2D eigenvalue weighted by molar-refractivity contribution is -0.117. The Bertz CT molecular complexity index is 1410. The molecule has 0 spiro atoms. The minimum Gasteiger partial charge on any atom is -0.485 e. The van der Waals surface area contributed by atoms with Crippen molar-refractivity contribution in [2.75, 3.05) is 18.5 Å². The van der Waals surface area contributed by atoms with Crippen LogP contribution in [0.3, 0.4) is 0 Å². The fraction of sp³-hybridized carbons (Fsp3) is 0.160. The molecule has 0 aliphatic heterocycles. The first-order valence-electron chi connectivity index (χ1n) is 10.6. The van der Waals surface area contributed by atoms with Crippen molar-refractivity contribution in [3.63, 3.8) is 0 Å². The molecule has 0 saturated heterocycles. The van der Waals surface area contributed by atoms with Gasteiger partial charge in [-0.2, -0.15) is 0 Å². The molecule has 0 atom stereocenters. The Kier molecular flexibility index (Phi) is 7.64. The molecule has 4 aromatic rings. The molecule has 35 heavy (non-hydrogen) atoms. The van der Waals surface area contributed by atoms with Crippen LogP contribution in [0.2, 0.25) is 10.0 Å². The van der Waals surface area contributed by atoms with Crippen molar-refractivity contribution in [2.45, 2.75) is 13.5 Å². The van der Waals surface area contributed by atoms with Crippen LogP contribution in [0.4, 0.5) is 5.69 Å². The average molecular weight is 576 g/mol. The van der Waals surface area contributed by atoms with Gasteiger partial charge in [-0.1, -0.05) is 41.4 Å². The summed E-state index contributed by atoms with van der Waals surface area (Å²) in [5.74, 6) is -0.113. The molecule has 1 N–H and O–H groups in total. The van der Waals surface area contributed by atoms with Crippen LogP contribution in [0, 0.1) is 6.92 Å². The van der Waals surface area contributed by atoms with E-state index in [1.165, 1.54) is 4.90 Å². The van der Waals surface area contributed by atoms with E-state index in [1.54, 1.807) is 43.4 Å². The van der Waals surface area contributed by atoms with Gasteiger partial charge in [-0.25, -0.2) is 4.98 Å². The number of benzene rings is 2. The Labute approximate surface area is 220 Å². The second-order valence-electron chi connectivity index (χ2n) is 7.70. The topological polar surface area (TPSA) is 75.9 Å². The maximum Gasteiger partial charge on any atom is 0.251 e. The number of rotatable bonds is 7. The van der Waals surface area contributed by atoms with E-state index in [9.17, 15) is 9.59 Å². The van der Waals surface area contributed by atoms with Gasteiger partial charge in [0.1, 0.15) is 11.2 Å². The van der Waals surface area contributed by atoms with E-state index < -0.39 is 0 Å². The highest BCUT2D eigenvalue weighted by Gasteiger charge is 2.20. The summed E-state index contributed by atoms with van der Waals surface area (Å²) in [5.41, 5.74) is 2.94. The molecule has 2 aromatic heterocycles. The number of imidazole rings is 1. The fourth-order valence-corrected chi connectivity index (χ4v) is 4.45. The highest BCUT2D eigenvalue weighted by molar-refractivity contribution is 9.10. The highest BCUT2D eigenvalue weighted by Crippen LogP contribution is 2.35. The zero-order valence-electron chi connectivity index (χ0n) is 18.9. The van der Waals surface area contributed by atoms with Gasteiger partial charge in [0.25, 0.3) is 5.91 Å². The van der Waals surface area contributed by atoms with Gasteiger partial charge in [0.05, 0.1) is 22.9 Å². The Morgan fingerprint density at radius 1 is 1.11 bits per heavy atom. The summed E-state index contributed by atoms with van der Waals surface area (Å²) < 4.78 is 8.74. The van der Waals surface area contributed by atoms with Crippen molar-refractivity contribution in [1.29, 1.82) is 0 Å².